The van der Waals surface area contributed by atoms with Crippen molar-refractivity contribution in [3.05, 3.63) is 33.1 Å². The molecule has 2 aromatic heterocycles. The molecule has 0 unspecified atom stereocenters. The van der Waals surface area contributed by atoms with Gasteiger partial charge in [0.25, 0.3) is 5.91 Å². The van der Waals surface area contributed by atoms with Gasteiger partial charge in [0.1, 0.15) is 0 Å². The fourth-order valence-corrected chi connectivity index (χ4v) is 4.32. The Hall–Kier alpha value is -1.82. The second-order valence-electron chi connectivity index (χ2n) is 5.91. The Morgan fingerprint density at radius 1 is 1.48 bits per heavy atom. The maximum absolute atomic E-state index is 12.9. The number of amides is 1. The molecule has 1 fully saturated rings. The third kappa shape index (κ3) is 2.76. The second kappa shape index (κ2) is 6.35. The summed E-state index contributed by atoms with van der Waals surface area (Å²) in [7, 11) is 3.54. The zero-order valence-corrected chi connectivity index (χ0v) is 14.9. The first kappa shape index (κ1) is 16.1. The van der Waals surface area contributed by atoms with E-state index in [1.165, 1.54) is 4.88 Å². The molecule has 1 amide bonds. The maximum Gasteiger partial charge on any atom is 0.264 e. The van der Waals surface area contributed by atoms with Crippen molar-refractivity contribution in [1.29, 1.82) is 0 Å². The van der Waals surface area contributed by atoms with Crippen LogP contribution in [-0.4, -0.2) is 34.2 Å². The summed E-state index contributed by atoms with van der Waals surface area (Å²) >= 11 is 1.60. The summed E-state index contributed by atoms with van der Waals surface area (Å²) in [5.74, 6) is 0.884. The minimum Gasteiger partial charge on any atom is -0.481 e. The Bertz CT molecular complexity index is 719. The van der Waals surface area contributed by atoms with Crippen LogP contribution in [0.1, 0.15) is 51.6 Å². The van der Waals surface area contributed by atoms with Crippen molar-refractivity contribution in [2.24, 2.45) is 7.05 Å². The molecule has 6 heteroatoms. The predicted octanol–water partition coefficient (Wildman–Crippen LogP) is 3.34. The standard InChI is InChI=1S/C17H23N3O2S/c1-5-12-8-9-14(23-12)16(21)20-10-6-7-13(20)15-11(2)18-19(3)17(15)22-4/h8-9,13H,5-7,10H2,1-4H3/t13-/m1/s1. The molecule has 1 saturated heterocycles. The molecule has 1 aliphatic heterocycles. The van der Waals surface area contributed by atoms with Gasteiger partial charge in [0.05, 0.1) is 29.3 Å². The highest BCUT2D eigenvalue weighted by atomic mass is 32.1. The molecule has 124 valence electrons. The number of aryl methyl sites for hydroxylation is 3. The number of nitrogens with zero attached hydrogens (tertiary/aromatic N) is 3. The van der Waals surface area contributed by atoms with Crippen molar-refractivity contribution in [1.82, 2.24) is 14.7 Å². The molecule has 0 N–H and O–H groups in total. The van der Waals surface area contributed by atoms with E-state index in [1.807, 2.05) is 24.9 Å². The monoisotopic (exact) mass is 333 g/mol. The third-order valence-corrected chi connectivity index (χ3v) is 5.69. The van der Waals surface area contributed by atoms with E-state index in [2.05, 4.69) is 18.1 Å². The highest BCUT2D eigenvalue weighted by molar-refractivity contribution is 7.14. The van der Waals surface area contributed by atoms with Crippen molar-refractivity contribution < 1.29 is 9.53 Å². The zero-order valence-electron chi connectivity index (χ0n) is 14.1. The lowest BCUT2D eigenvalue weighted by Crippen LogP contribution is -2.30. The summed E-state index contributed by atoms with van der Waals surface area (Å²) in [5.41, 5.74) is 1.99. The van der Waals surface area contributed by atoms with E-state index in [4.69, 9.17) is 4.74 Å². The van der Waals surface area contributed by atoms with Gasteiger partial charge in [-0.25, -0.2) is 4.68 Å². The molecule has 3 heterocycles. The number of carbonyl (C=O) groups is 1. The number of ether oxygens (including phenoxy) is 1. The number of likely N-dealkylation sites (tertiary alicyclic amines) is 1. The lowest BCUT2D eigenvalue weighted by Gasteiger charge is -2.24. The van der Waals surface area contributed by atoms with Crippen LogP contribution in [0.25, 0.3) is 0 Å². The maximum atomic E-state index is 12.9. The van der Waals surface area contributed by atoms with E-state index in [1.54, 1.807) is 23.1 Å². The Labute approximate surface area is 140 Å². The number of thiophene rings is 1. The van der Waals surface area contributed by atoms with Crippen LogP contribution in [0.2, 0.25) is 0 Å². The lowest BCUT2D eigenvalue weighted by molar-refractivity contribution is 0.0738. The Morgan fingerprint density at radius 3 is 2.91 bits per heavy atom. The van der Waals surface area contributed by atoms with Crippen LogP contribution in [0, 0.1) is 6.92 Å². The summed E-state index contributed by atoms with van der Waals surface area (Å²) < 4.78 is 7.29. The van der Waals surface area contributed by atoms with E-state index >= 15 is 0 Å². The van der Waals surface area contributed by atoms with Gasteiger partial charge < -0.3 is 9.64 Å². The molecular formula is C17H23N3O2S. The van der Waals surface area contributed by atoms with Crippen LogP contribution in [-0.2, 0) is 13.5 Å². The molecule has 5 nitrogen and oxygen atoms in total. The average Bonchev–Trinajstić information content (AvgIpc) is 3.24. The largest absolute Gasteiger partial charge is 0.481 e. The van der Waals surface area contributed by atoms with Gasteiger partial charge in [-0.15, -0.1) is 11.3 Å². The summed E-state index contributed by atoms with van der Waals surface area (Å²) in [4.78, 5) is 17.0. The van der Waals surface area contributed by atoms with Crippen LogP contribution < -0.4 is 4.74 Å². The molecule has 23 heavy (non-hydrogen) atoms. The van der Waals surface area contributed by atoms with Gasteiger partial charge in [0.15, 0.2) is 0 Å². The van der Waals surface area contributed by atoms with Crippen LogP contribution >= 0.6 is 11.3 Å². The predicted molar refractivity (Wildman–Crippen MR) is 91.2 cm³/mol. The van der Waals surface area contributed by atoms with Gasteiger partial charge in [0, 0.05) is 18.5 Å². The molecule has 2 aromatic rings. The smallest absolute Gasteiger partial charge is 0.264 e. The molecule has 0 radical (unpaired) electrons. The number of methoxy groups -OCH3 is 1. The number of carbonyl (C=O) groups excluding carboxylic acids is 1. The average molecular weight is 333 g/mol. The van der Waals surface area contributed by atoms with Crippen LogP contribution in [0.4, 0.5) is 0 Å². The fraction of sp³-hybridized carbons (Fsp3) is 0.529. The van der Waals surface area contributed by atoms with Crippen molar-refractivity contribution in [2.45, 2.75) is 39.2 Å². The van der Waals surface area contributed by atoms with Gasteiger partial charge in [-0.3, -0.25) is 4.79 Å². The third-order valence-electron chi connectivity index (χ3n) is 4.48. The Balaban J connectivity index is 1.93. The van der Waals surface area contributed by atoms with Gasteiger partial charge >= 0.3 is 0 Å². The molecule has 0 saturated carbocycles. The normalized spacial score (nSPS) is 17.7. The summed E-state index contributed by atoms with van der Waals surface area (Å²) in [6.45, 7) is 4.89. The Morgan fingerprint density at radius 2 is 2.26 bits per heavy atom. The minimum atomic E-state index is 0.0540. The summed E-state index contributed by atoms with van der Waals surface area (Å²) in [5, 5.41) is 4.47. The van der Waals surface area contributed by atoms with Gasteiger partial charge in [-0.1, -0.05) is 6.92 Å². The van der Waals surface area contributed by atoms with Crippen molar-refractivity contribution in [3.8, 4) is 5.88 Å². The SMILES string of the molecule is CCc1ccc(C(=O)N2CCC[C@@H]2c2c(C)nn(C)c2OC)s1. The molecule has 0 bridgehead atoms. The zero-order chi connectivity index (χ0) is 16.6. The first-order valence-electron chi connectivity index (χ1n) is 8.04. The number of hydrogen-bond acceptors (Lipinski definition) is 4. The topological polar surface area (TPSA) is 47.4 Å². The van der Waals surface area contributed by atoms with Gasteiger partial charge in [-0.05, 0) is 38.3 Å². The first-order chi connectivity index (χ1) is 11.1. The first-order valence-corrected chi connectivity index (χ1v) is 8.85. The number of hydrogen-bond donors (Lipinski definition) is 0. The quantitative estimate of drug-likeness (QED) is 0.862. The van der Waals surface area contributed by atoms with E-state index in [0.717, 1.165) is 47.8 Å². The number of aromatic nitrogens is 2. The highest BCUT2D eigenvalue weighted by Gasteiger charge is 2.35. The van der Waals surface area contributed by atoms with Crippen LogP contribution in [0.15, 0.2) is 12.1 Å². The Kier molecular flexibility index (Phi) is 4.43. The van der Waals surface area contributed by atoms with E-state index in [9.17, 15) is 4.79 Å². The molecule has 1 atom stereocenters. The van der Waals surface area contributed by atoms with Crippen molar-refractivity contribution in [3.63, 3.8) is 0 Å². The van der Waals surface area contributed by atoms with Crippen molar-refractivity contribution >= 4 is 17.2 Å². The van der Waals surface area contributed by atoms with Crippen LogP contribution in [0.5, 0.6) is 5.88 Å². The van der Waals surface area contributed by atoms with E-state index < -0.39 is 0 Å². The lowest BCUT2D eigenvalue weighted by atomic mass is 10.0. The van der Waals surface area contributed by atoms with Gasteiger partial charge in [-0.2, -0.15) is 5.10 Å². The van der Waals surface area contributed by atoms with E-state index in [-0.39, 0.29) is 11.9 Å². The summed E-state index contributed by atoms with van der Waals surface area (Å²) in [6, 6.07) is 4.06. The molecular weight excluding hydrogens is 310 g/mol. The molecule has 0 aliphatic carbocycles. The molecule has 3 rings (SSSR count). The van der Waals surface area contributed by atoms with E-state index in [0.29, 0.717) is 0 Å². The van der Waals surface area contributed by atoms with Crippen LogP contribution in [0.3, 0.4) is 0 Å². The molecule has 0 aromatic carbocycles. The minimum absolute atomic E-state index is 0.0540. The number of rotatable bonds is 4. The molecule has 0 spiro atoms. The molecule has 1 aliphatic rings. The fourth-order valence-electron chi connectivity index (χ4n) is 3.41. The second-order valence-corrected chi connectivity index (χ2v) is 7.08. The summed E-state index contributed by atoms with van der Waals surface area (Å²) in [6.07, 6.45) is 2.94. The van der Waals surface area contributed by atoms with Crippen molar-refractivity contribution in [2.75, 3.05) is 13.7 Å². The van der Waals surface area contributed by atoms with Gasteiger partial charge in [0.2, 0.25) is 5.88 Å². The highest BCUT2D eigenvalue weighted by Crippen LogP contribution is 2.39.